The fourth-order valence-electron chi connectivity index (χ4n) is 4.26. The van der Waals surface area contributed by atoms with Crippen molar-refractivity contribution >= 4 is 30.5 Å². The number of fused-ring (bicyclic) bond motifs is 1. The van der Waals surface area contributed by atoms with Crippen LogP contribution in [0.25, 0.3) is 0 Å². The number of nitrogens with two attached hydrogens (primary N) is 1. The van der Waals surface area contributed by atoms with E-state index in [9.17, 15) is 9.69 Å². The summed E-state index contributed by atoms with van der Waals surface area (Å²) in [5, 5.41) is 2.77. The molecule has 12 heteroatoms. The first-order valence-electron chi connectivity index (χ1n) is 11.7. The summed E-state index contributed by atoms with van der Waals surface area (Å²) in [5.41, 5.74) is 8.83. The second-order valence-corrected chi connectivity index (χ2v) is 13.5. The molecule has 1 aromatic heterocycles. The molecule has 192 valence electrons. The van der Waals surface area contributed by atoms with E-state index in [1.54, 1.807) is 0 Å². The fraction of sp³-hybridized carbons (Fsp3) is 0.522. The maximum absolute atomic E-state index is 12.4. The normalized spacial score (nSPS) is 17.5. The van der Waals surface area contributed by atoms with Crippen LogP contribution in [0, 0.1) is 0 Å². The number of anilines is 3. The third-order valence-electron chi connectivity index (χ3n) is 6.53. The Hall–Kier alpha value is -2.56. The van der Waals surface area contributed by atoms with E-state index in [0.29, 0.717) is 18.1 Å². The number of hydrogen-bond acceptors (Lipinski definition) is 10. The average Bonchev–Trinajstić information content (AvgIpc) is 3.33. The van der Waals surface area contributed by atoms with Gasteiger partial charge >= 0.3 is 175 Å². The first-order valence-corrected chi connectivity index (χ1v) is 14.4. The van der Waals surface area contributed by atoms with Crippen LogP contribution in [-0.2, 0) is 26.9 Å². The van der Waals surface area contributed by atoms with E-state index >= 15 is 0 Å². The number of nitrogens with one attached hydrogen (secondary N) is 1. The number of benzene rings is 1. The quantitative estimate of drug-likeness (QED) is 0.412. The van der Waals surface area contributed by atoms with Crippen LogP contribution in [0.1, 0.15) is 24.0 Å². The summed E-state index contributed by atoms with van der Waals surface area (Å²) in [7, 11) is -0.947. The molecule has 1 aromatic carbocycles. The molecular weight excluding hydrogens is 471 g/mol. The molecule has 11 nitrogen and oxygen atoms in total. The number of nitrogens with zero attached hydrogens (tertiary/aromatic N) is 4. The summed E-state index contributed by atoms with van der Waals surface area (Å²) in [6.45, 7) is 5.41. The van der Waals surface area contributed by atoms with Crippen LogP contribution in [0.4, 0.5) is 17.3 Å². The summed E-state index contributed by atoms with van der Waals surface area (Å²) in [4.78, 5) is 36.1. The summed E-state index contributed by atoms with van der Waals surface area (Å²) >= 11 is 0. The van der Waals surface area contributed by atoms with E-state index in [0.717, 1.165) is 25.2 Å². The second kappa shape index (κ2) is 10.2. The van der Waals surface area contributed by atoms with Crippen LogP contribution < -0.4 is 20.7 Å². The Morgan fingerprint density at radius 2 is 1.83 bits per heavy atom. The molecule has 0 aliphatic carbocycles. The van der Waals surface area contributed by atoms with Crippen molar-refractivity contribution in [2.75, 3.05) is 69.2 Å². The third-order valence-corrected chi connectivity index (χ3v) is 9.60. The molecule has 1 saturated heterocycles. The van der Waals surface area contributed by atoms with Gasteiger partial charge in [-0.05, 0) is 25.9 Å². The van der Waals surface area contributed by atoms with Crippen molar-refractivity contribution in [1.29, 1.82) is 0 Å². The molecule has 1 fully saturated rings. The molecule has 3 heterocycles. The Labute approximate surface area is 205 Å². The van der Waals surface area contributed by atoms with Crippen LogP contribution in [0.2, 0.25) is 0 Å². The molecule has 0 atom stereocenters. The van der Waals surface area contributed by atoms with Crippen LogP contribution >= 0.6 is 7.28 Å². The van der Waals surface area contributed by atoms with E-state index in [4.69, 9.17) is 19.5 Å². The zero-order valence-corrected chi connectivity index (χ0v) is 21.5. The number of rotatable bonds is 10. The molecule has 2 aliphatic rings. The Bertz CT molecular complexity index is 1070. The van der Waals surface area contributed by atoms with Gasteiger partial charge in [0.1, 0.15) is 0 Å². The fourth-order valence-corrected chi connectivity index (χ4v) is 5.28. The first kappa shape index (κ1) is 25.5. The minimum atomic E-state index is -3.74. The maximum atomic E-state index is 12.4. The SMILES string of the molecule is COP(C)(O)(CCOc1nc(N)c2c(n1)N(Cc1cccc(CN3CCCC3)c1)CC(=O)N2)OC. The Morgan fingerprint density at radius 3 is 2.51 bits per heavy atom. The molecule has 2 aromatic rings. The van der Waals surface area contributed by atoms with Crippen LogP contribution in [0.15, 0.2) is 24.3 Å². The van der Waals surface area contributed by atoms with Gasteiger partial charge in [-0.15, -0.1) is 0 Å². The van der Waals surface area contributed by atoms with Crippen molar-refractivity contribution in [3.8, 4) is 6.01 Å². The van der Waals surface area contributed by atoms with Crippen LogP contribution in [-0.4, -0.2) is 79.0 Å². The van der Waals surface area contributed by atoms with Gasteiger partial charge in [0.2, 0.25) is 0 Å². The van der Waals surface area contributed by atoms with E-state index in [2.05, 4.69) is 32.3 Å². The van der Waals surface area contributed by atoms with Gasteiger partial charge in [-0.2, -0.15) is 0 Å². The summed E-state index contributed by atoms with van der Waals surface area (Å²) in [6, 6.07) is 8.45. The topological polar surface area (TPSA) is 135 Å². The summed E-state index contributed by atoms with van der Waals surface area (Å²) in [6.07, 6.45) is 2.63. The van der Waals surface area contributed by atoms with Gasteiger partial charge in [-0.3, -0.25) is 4.90 Å². The van der Waals surface area contributed by atoms with Crippen molar-refractivity contribution < 1.29 is 23.5 Å². The molecule has 4 N–H and O–H groups in total. The van der Waals surface area contributed by atoms with Gasteiger partial charge < -0.3 is 0 Å². The first-order chi connectivity index (χ1) is 16.7. The number of aromatic nitrogens is 2. The predicted octanol–water partition coefficient (Wildman–Crippen LogP) is 2.21. The number of carbonyl (C=O) groups excluding carboxylic acids is 1. The van der Waals surface area contributed by atoms with E-state index in [1.165, 1.54) is 39.3 Å². The summed E-state index contributed by atoms with van der Waals surface area (Å²) < 4.78 is 16.2. The number of hydrogen-bond donors (Lipinski definition) is 3. The molecule has 35 heavy (non-hydrogen) atoms. The standard InChI is InChI=1S/C23H35N6O5P/c1-32-35(3,31,33-2)12-11-34-23-26-21(24)20-22(27-23)29(16-19(30)25-20)15-18-8-6-7-17(13-18)14-28-9-4-5-10-28/h6-8,13,31H,4-5,9-12,14-16H2,1-3H3,(H,25,30)(H2,24,26,27). The number of amides is 1. The number of nitrogen functional groups attached to an aromatic ring is 1. The molecule has 2 aliphatic heterocycles. The van der Waals surface area contributed by atoms with Crippen LogP contribution in [0.3, 0.4) is 0 Å². The van der Waals surface area contributed by atoms with Gasteiger partial charge in [-0.1, -0.05) is 0 Å². The van der Waals surface area contributed by atoms with Gasteiger partial charge in [0.15, 0.2) is 0 Å². The molecule has 0 bridgehead atoms. The molecule has 1 amide bonds. The predicted molar refractivity (Wildman–Crippen MR) is 137 cm³/mol. The number of carbonyl (C=O) groups is 1. The van der Waals surface area contributed by atoms with Gasteiger partial charge in [0.25, 0.3) is 0 Å². The molecule has 0 radical (unpaired) electrons. The van der Waals surface area contributed by atoms with Gasteiger partial charge in [0.05, 0.1) is 0 Å². The van der Waals surface area contributed by atoms with E-state index in [-0.39, 0.29) is 37.0 Å². The average molecular weight is 507 g/mol. The van der Waals surface area contributed by atoms with Crippen molar-refractivity contribution in [3.63, 3.8) is 0 Å². The van der Waals surface area contributed by atoms with Gasteiger partial charge in [-0.25, -0.2) is 0 Å². The molecule has 0 saturated carbocycles. The summed E-state index contributed by atoms with van der Waals surface area (Å²) in [5.74, 6) is 0.425. The number of likely N-dealkylation sites (tertiary alicyclic amines) is 1. The van der Waals surface area contributed by atoms with Crippen molar-refractivity contribution in [2.45, 2.75) is 25.9 Å². The van der Waals surface area contributed by atoms with E-state index < -0.39 is 7.28 Å². The van der Waals surface area contributed by atoms with Crippen molar-refractivity contribution in [2.24, 2.45) is 0 Å². The Kier molecular flexibility index (Phi) is 7.44. The Morgan fingerprint density at radius 1 is 1.14 bits per heavy atom. The van der Waals surface area contributed by atoms with E-state index in [1.807, 2.05) is 17.0 Å². The van der Waals surface area contributed by atoms with Gasteiger partial charge in [0, 0.05) is 0 Å². The molecule has 4 rings (SSSR count). The molecule has 0 unspecified atom stereocenters. The van der Waals surface area contributed by atoms with Crippen molar-refractivity contribution in [3.05, 3.63) is 35.4 Å². The minimum absolute atomic E-state index is 0.0518. The molecule has 0 spiro atoms. The van der Waals surface area contributed by atoms with Crippen LogP contribution in [0.5, 0.6) is 6.01 Å². The zero-order valence-electron chi connectivity index (χ0n) is 20.6. The monoisotopic (exact) mass is 506 g/mol. The van der Waals surface area contributed by atoms with Crippen molar-refractivity contribution in [1.82, 2.24) is 14.9 Å². The molecular formula is C23H35N6O5P. The third kappa shape index (κ3) is 6.17. The second-order valence-electron chi connectivity index (χ2n) is 9.25. The Balaban J connectivity index is 1.51. The zero-order chi connectivity index (χ0) is 25.1. The number of ether oxygens (including phenoxy) is 1.